The van der Waals surface area contributed by atoms with Gasteiger partial charge in [0.15, 0.2) is 5.96 Å². The van der Waals surface area contributed by atoms with E-state index >= 15 is 0 Å². The Labute approximate surface area is 135 Å². The van der Waals surface area contributed by atoms with Crippen LogP contribution in [0.2, 0.25) is 0 Å². The highest BCUT2D eigenvalue weighted by atomic mass is 19.3. The first kappa shape index (κ1) is 17.5. The molecule has 0 aliphatic carbocycles. The summed E-state index contributed by atoms with van der Waals surface area (Å²) < 4.78 is 35.8. The molecule has 0 bridgehead atoms. The standard InChI is InChI=1S/C16H23F2N3O2/c1-11-3-4-12(8-20-16(19-2)21-9-15(17)18)14(7-11)23-13-5-6-22-10-13/h3-4,7,13,15H,5-6,8-10H2,1-2H3,(H2,19,20,21). The first-order chi connectivity index (χ1) is 11.1. The van der Waals surface area contributed by atoms with Crippen molar-refractivity contribution in [3.63, 3.8) is 0 Å². The molecule has 1 aromatic rings. The third-order valence-corrected chi connectivity index (χ3v) is 3.50. The molecule has 0 amide bonds. The highest BCUT2D eigenvalue weighted by Gasteiger charge is 2.18. The summed E-state index contributed by atoms with van der Waals surface area (Å²) in [5.74, 6) is 1.12. The van der Waals surface area contributed by atoms with Crippen molar-refractivity contribution in [2.24, 2.45) is 4.99 Å². The maximum absolute atomic E-state index is 12.3. The number of guanidine groups is 1. The molecule has 2 N–H and O–H groups in total. The van der Waals surface area contributed by atoms with E-state index in [4.69, 9.17) is 9.47 Å². The first-order valence-corrected chi connectivity index (χ1v) is 7.65. The molecule has 128 valence electrons. The number of benzene rings is 1. The second kappa shape index (κ2) is 8.67. The Balaban J connectivity index is 1.97. The van der Waals surface area contributed by atoms with Crippen molar-refractivity contribution in [1.82, 2.24) is 10.6 Å². The van der Waals surface area contributed by atoms with Crippen molar-refractivity contribution in [1.29, 1.82) is 0 Å². The van der Waals surface area contributed by atoms with E-state index in [1.807, 2.05) is 25.1 Å². The Morgan fingerprint density at radius 1 is 1.43 bits per heavy atom. The quantitative estimate of drug-likeness (QED) is 0.621. The van der Waals surface area contributed by atoms with Crippen LogP contribution in [-0.4, -0.2) is 45.3 Å². The lowest BCUT2D eigenvalue weighted by molar-refractivity contribution is 0.140. The van der Waals surface area contributed by atoms with Gasteiger partial charge in [0.1, 0.15) is 11.9 Å². The molecule has 2 rings (SSSR count). The second-order valence-corrected chi connectivity index (χ2v) is 5.41. The Morgan fingerprint density at radius 3 is 2.91 bits per heavy atom. The molecule has 1 aliphatic heterocycles. The van der Waals surface area contributed by atoms with Gasteiger partial charge in [0.05, 0.1) is 19.8 Å². The topological polar surface area (TPSA) is 54.9 Å². The van der Waals surface area contributed by atoms with E-state index < -0.39 is 13.0 Å². The molecule has 0 radical (unpaired) electrons. The summed E-state index contributed by atoms with van der Waals surface area (Å²) in [6, 6.07) is 5.93. The number of nitrogens with zero attached hydrogens (tertiary/aromatic N) is 1. The molecule has 5 nitrogen and oxygen atoms in total. The molecule has 7 heteroatoms. The minimum atomic E-state index is -2.42. The zero-order chi connectivity index (χ0) is 16.7. The van der Waals surface area contributed by atoms with Gasteiger partial charge in [0.25, 0.3) is 6.43 Å². The smallest absolute Gasteiger partial charge is 0.255 e. The maximum atomic E-state index is 12.3. The molecule has 0 saturated carbocycles. The maximum Gasteiger partial charge on any atom is 0.255 e. The second-order valence-electron chi connectivity index (χ2n) is 5.41. The van der Waals surface area contributed by atoms with Crippen LogP contribution in [0.25, 0.3) is 0 Å². The van der Waals surface area contributed by atoms with E-state index in [1.165, 1.54) is 0 Å². The third-order valence-electron chi connectivity index (χ3n) is 3.50. The normalized spacial score (nSPS) is 18.3. The number of aryl methyl sites for hydroxylation is 1. The Hall–Kier alpha value is -1.89. The molecule has 1 aliphatic rings. The van der Waals surface area contributed by atoms with Crippen LogP contribution in [0, 0.1) is 6.92 Å². The lowest BCUT2D eigenvalue weighted by Crippen LogP contribution is -2.39. The highest BCUT2D eigenvalue weighted by molar-refractivity contribution is 5.79. The largest absolute Gasteiger partial charge is 0.488 e. The lowest BCUT2D eigenvalue weighted by atomic mass is 10.1. The Kier molecular flexibility index (Phi) is 6.58. The third kappa shape index (κ3) is 5.67. The molecule has 1 fully saturated rings. The summed E-state index contributed by atoms with van der Waals surface area (Å²) in [5, 5.41) is 5.59. The van der Waals surface area contributed by atoms with Crippen LogP contribution in [-0.2, 0) is 11.3 Å². The SMILES string of the molecule is CN=C(NCc1ccc(C)cc1OC1CCOC1)NCC(F)F. The monoisotopic (exact) mass is 327 g/mol. The summed E-state index contributed by atoms with van der Waals surface area (Å²) in [5.41, 5.74) is 2.05. The van der Waals surface area contributed by atoms with Crippen molar-refractivity contribution >= 4 is 5.96 Å². The van der Waals surface area contributed by atoms with E-state index in [0.29, 0.717) is 25.7 Å². The minimum absolute atomic E-state index is 0.0619. The summed E-state index contributed by atoms with van der Waals surface area (Å²) in [7, 11) is 1.54. The zero-order valence-corrected chi connectivity index (χ0v) is 13.4. The van der Waals surface area contributed by atoms with Gasteiger partial charge in [-0.25, -0.2) is 8.78 Å². The van der Waals surface area contributed by atoms with Crippen LogP contribution < -0.4 is 15.4 Å². The van der Waals surface area contributed by atoms with Gasteiger partial charge in [-0.3, -0.25) is 4.99 Å². The fraction of sp³-hybridized carbons (Fsp3) is 0.562. The number of ether oxygens (including phenoxy) is 2. The van der Waals surface area contributed by atoms with Crippen molar-refractivity contribution in [3.8, 4) is 5.75 Å². The van der Waals surface area contributed by atoms with E-state index in [9.17, 15) is 8.78 Å². The van der Waals surface area contributed by atoms with Crippen LogP contribution in [0.4, 0.5) is 8.78 Å². The molecule has 23 heavy (non-hydrogen) atoms. The summed E-state index contributed by atoms with van der Waals surface area (Å²) >= 11 is 0. The number of nitrogens with one attached hydrogen (secondary N) is 2. The molecule has 1 heterocycles. The Morgan fingerprint density at radius 2 is 2.26 bits per heavy atom. The van der Waals surface area contributed by atoms with Crippen LogP contribution >= 0.6 is 0 Å². The van der Waals surface area contributed by atoms with E-state index in [2.05, 4.69) is 15.6 Å². The highest BCUT2D eigenvalue weighted by Crippen LogP contribution is 2.23. The van der Waals surface area contributed by atoms with Gasteiger partial charge < -0.3 is 20.1 Å². The minimum Gasteiger partial charge on any atom is -0.488 e. The summed E-state index contributed by atoms with van der Waals surface area (Å²) in [6.07, 6.45) is -1.49. The Bertz CT molecular complexity index is 532. The predicted molar refractivity (Wildman–Crippen MR) is 85.2 cm³/mol. The van der Waals surface area contributed by atoms with Crippen molar-refractivity contribution in [2.75, 3.05) is 26.8 Å². The lowest BCUT2D eigenvalue weighted by Gasteiger charge is -2.18. The number of alkyl halides is 2. The van der Waals surface area contributed by atoms with Crippen molar-refractivity contribution in [3.05, 3.63) is 29.3 Å². The van der Waals surface area contributed by atoms with Crippen LogP contribution in [0.1, 0.15) is 17.5 Å². The molecule has 0 aromatic heterocycles. The number of hydrogen-bond donors (Lipinski definition) is 2. The molecular formula is C16H23F2N3O2. The van der Waals surface area contributed by atoms with E-state index in [1.54, 1.807) is 7.05 Å². The molecular weight excluding hydrogens is 304 g/mol. The molecule has 1 unspecified atom stereocenters. The van der Waals surface area contributed by atoms with Crippen LogP contribution in [0.5, 0.6) is 5.75 Å². The van der Waals surface area contributed by atoms with Gasteiger partial charge >= 0.3 is 0 Å². The van der Waals surface area contributed by atoms with E-state index in [0.717, 1.165) is 23.3 Å². The number of hydrogen-bond acceptors (Lipinski definition) is 3. The molecule has 1 saturated heterocycles. The van der Waals surface area contributed by atoms with Crippen LogP contribution in [0.3, 0.4) is 0 Å². The van der Waals surface area contributed by atoms with Gasteiger partial charge in [0.2, 0.25) is 0 Å². The summed E-state index contributed by atoms with van der Waals surface area (Å²) in [6.45, 7) is 3.31. The van der Waals surface area contributed by atoms with E-state index in [-0.39, 0.29) is 6.10 Å². The first-order valence-electron chi connectivity index (χ1n) is 7.65. The van der Waals surface area contributed by atoms with Gasteiger partial charge in [-0.15, -0.1) is 0 Å². The van der Waals surface area contributed by atoms with Crippen molar-refractivity contribution in [2.45, 2.75) is 32.4 Å². The van der Waals surface area contributed by atoms with Gasteiger partial charge in [-0.2, -0.15) is 0 Å². The number of aliphatic imine (C=N–C) groups is 1. The average molecular weight is 327 g/mol. The molecule has 1 aromatic carbocycles. The fourth-order valence-corrected chi connectivity index (χ4v) is 2.28. The fourth-order valence-electron chi connectivity index (χ4n) is 2.28. The zero-order valence-electron chi connectivity index (χ0n) is 13.4. The molecule has 1 atom stereocenters. The number of rotatable bonds is 6. The number of halogens is 2. The average Bonchev–Trinajstić information content (AvgIpc) is 3.02. The van der Waals surface area contributed by atoms with Crippen molar-refractivity contribution < 1.29 is 18.3 Å². The van der Waals surface area contributed by atoms with Gasteiger partial charge in [-0.1, -0.05) is 12.1 Å². The van der Waals surface area contributed by atoms with Crippen LogP contribution in [0.15, 0.2) is 23.2 Å². The predicted octanol–water partition coefficient (Wildman–Crippen LogP) is 2.09. The molecule has 0 spiro atoms. The van der Waals surface area contributed by atoms with Gasteiger partial charge in [0, 0.05) is 25.6 Å². The van der Waals surface area contributed by atoms with Gasteiger partial charge in [-0.05, 0) is 18.6 Å². The summed E-state index contributed by atoms with van der Waals surface area (Å²) in [4.78, 5) is 3.93.